The van der Waals surface area contributed by atoms with Gasteiger partial charge in [0.2, 0.25) is 5.95 Å². The maximum Gasteiger partial charge on any atom is 0.222 e. The quantitative estimate of drug-likeness (QED) is 0.692. The molecule has 0 atom stereocenters. The van der Waals surface area contributed by atoms with E-state index in [0.717, 1.165) is 6.20 Å². The molecule has 0 fully saturated rings. The van der Waals surface area contributed by atoms with Crippen LogP contribution in [-0.4, -0.2) is 15.5 Å². The molecule has 1 aromatic rings. The van der Waals surface area contributed by atoms with Gasteiger partial charge in [0, 0.05) is 5.54 Å². The second kappa shape index (κ2) is 3.16. The Morgan fingerprint density at radius 2 is 2.08 bits per heavy atom. The van der Waals surface area contributed by atoms with E-state index >= 15 is 0 Å². The highest BCUT2D eigenvalue weighted by molar-refractivity contribution is 5.40. The molecule has 13 heavy (non-hydrogen) atoms. The number of aromatic nitrogens is 2. The molecular formula is C8H13FN4. The van der Waals surface area contributed by atoms with Gasteiger partial charge in [-0.05, 0) is 20.8 Å². The lowest BCUT2D eigenvalue weighted by molar-refractivity contribution is 0.587. The van der Waals surface area contributed by atoms with Crippen molar-refractivity contribution < 1.29 is 4.39 Å². The fraction of sp³-hybridized carbons (Fsp3) is 0.500. The van der Waals surface area contributed by atoms with Crippen LogP contribution in [0.4, 0.5) is 16.2 Å². The van der Waals surface area contributed by atoms with Crippen LogP contribution in [-0.2, 0) is 0 Å². The molecule has 0 bridgehead atoms. The van der Waals surface area contributed by atoms with Crippen molar-refractivity contribution in [2.75, 3.05) is 11.1 Å². The van der Waals surface area contributed by atoms with Gasteiger partial charge in [-0.15, -0.1) is 0 Å². The lowest BCUT2D eigenvalue weighted by atomic mass is 10.1. The first-order valence-corrected chi connectivity index (χ1v) is 3.95. The molecule has 0 unspecified atom stereocenters. The summed E-state index contributed by atoms with van der Waals surface area (Å²) in [5.41, 5.74) is 5.07. The van der Waals surface area contributed by atoms with Crippen molar-refractivity contribution in [1.29, 1.82) is 0 Å². The van der Waals surface area contributed by atoms with Crippen molar-refractivity contribution in [3.05, 3.63) is 12.0 Å². The van der Waals surface area contributed by atoms with E-state index in [1.807, 2.05) is 20.8 Å². The van der Waals surface area contributed by atoms with Crippen LogP contribution in [0.3, 0.4) is 0 Å². The summed E-state index contributed by atoms with van der Waals surface area (Å²) < 4.78 is 13.1. The Labute approximate surface area is 76.4 Å². The summed E-state index contributed by atoms with van der Waals surface area (Å²) in [5.74, 6) is -0.294. The van der Waals surface area contributed by atoms with E-state index in [2.05, 4.69) is 15.3 Å². The maximum absolute atomic E-state index is 13.1. The Morgan fingerprint density at radius 3 is 2.62 bits per heavy atom. The van der Waals surface area contributed by atoms with Gasteiger partial charge in [0.25, 0.3) is 0 Å². The minimum Gasteiger partial charge on any atom is -0.368 e. The molecule has 1 heterocycles. The minimum absolute atomic E-state index is 0.0631. The predicted octanol–water partition coefficient (Wildman–Crippen LogP) is 1.41. The van der Waals surface area contributed by atoms with Gasteiger partial charge in [-0.2, -0.15) is 4.98 Å². The van der Waals surface area contributed by atoms with Gasteiger partial charge >= 0.3 is 0 Å². The van der Waals surface area contributed by atoms with Crippen LogP contribution in [0.5, 0.6) is 0 Å². The average Bonchev–Trinajstić information content (AvgIpc) is 1.94. The zero-order valence-corrected chi connectivity index (χ0v) is 7.93. The number of nitrogens with two attached hydrogens (primary N) is 1. The van der Waals surface area contributed by atoms with Crippen LogP contribution < -0.4 is 11.1 Å². The molecule has 4 nitrogen and oxygen atoms in total. The van der Waals surface area contributed by atoms with E-state index in [4.69, 9.17) is 5.73 Å². The molecule has 0 amide bonds. The highest BCUT2D eigenvalue weighted by atomic mass is 19.1. The second-order valence-electron chi connectivity index (χ2n) is 3.80. The third-order valence-electron chi connectivity index (χ3n) is 1.26. The molecular weight excluding hydrogens is 171 g/mol. The number of nitrogens with one attached hydrogen (secondary N) is 1. The molecule has 0 spiro atoms. The van der Waals surface area contributed by atoms with E-state index < -0.39 is 5.82 Å². The van der Waals surface area contributed by atoms with Gasteiger partial charge in [-0.3, -0.25) is 0 Å². The first-order chi connectivity index (χ1) is 5.88. The third-order valence-corrected chi connectivity index (χ3v) is 1.26. The van der Waals surface area contributed by atoms with E-state index in [1.54, 1.807) is 0 Å². The van der Waals surface area contributed by atoms with Crippen molar-refractivity contribution in [1.82, 2.24) is 9.97 Å². The predicted molar refractivity (Wildman–Crippen MR) is 49.8 cm³/mol. The number of hydrogen-bond donors (Lipinski definition) is 2. The number of rotatable bonds is 1. The molecule has 0 aliphatic carbocycles. The van der Waals surface area contributed by atoms with Crippen LogP contribution >= 0.6 is 0 Å². The summed E-state index contributed by atoms with van der Waals surface area (Å²) in [6.45, 7) is 5.72. The van der Waals surface area contributed by atoms with Crippen LogP contribution in [0, 0.1) is 5.82 Å². The van der Waals surface area contributed by atoms with Crippen molar-refractivity contribution in [3.8, 4) is 0 Å². The Balaban J connectivity index is 2.94. The normalized spacial score (nSPS) is 11.4. The topological polar surface area (TPSA) is 63.8 Å². The highest BCUT2D eigenvalue weighted by Crippen LogP contribution is 2.15. The van der Waals surface area contributed by atoms with E-state index in [1.165, 1.54) is 0 Å². The fourth-order valence-electron chi connectivity index (χ4n) is 0.824. The Kier molecular flexibility index (Phi) is 2.36. The molecule has 1 aromatic heterocycles. The molecule has 0 radical (unpaired) electrons. The van der Waals surface area contributed by atoms with Gasteiger partial charge in [-0.25, -0.2) is 9.37 Å². The molecule has 1 rings (SSSR count). The molecule has 0 saturated heterocycles. The third kappa shape index (κ3) is 2.85. The molecule has 5 heteroatoms. The number of hydrogen-bond acceptors (Lipinski definition) is 4. The maximum atomic E-state index is 13.1. The van der Waals surface area contributed by atoms with Crippen molar-refractivity contribution in [3.63, 3.8) is 0 Å². The first kappa shape index (κ1) is 9.70. The zero-order valence-electron chi connectivity index (χ0n) is 7.93. The van der Waals surface area contributed by atoms with Crippen LogP contribution in [0.25, 0.3) is 0 Å². The summed E-state index contributed by atoms with van der Waals surface area (Å²) in [5, 5.41) is 2.88. The number of anilines is 2. The van der Waals surface area contributed by atoms with Crippen LogP contribution in [0.1, 0.15) is 20.8 Å². The Morgan fingerprint density at radius 1 is 1.46 bits per heavy atom. The van der Waals surface area contributed by atoms with Crippen LogP contribution in [0.2, 0.25) is 0 Å². The summed E-state index contributed by atoms with van der Waals surface area (Å²) in [4.78, 5) is 7.26. The van der Waals surface area contributed by atoms with Crippen LogP contribution in [0.15, 0.2) is 6.20 Å². The highest BCUT2D eigenvalue weighted by Gasteiger charge is 2.13. The summed E-state index contributed by atoms with van der Waals surface area (Å²) >= 11 is 0. The second-order valence-corrected chi connectivity index (χ2v) is 3.80. The molecule has 0 aliphatic heterocycles. The summed E-state index contributed by atoms with van der Waals surface area (Å²) in [7, 11) is 0. The Hall–Kier alpha value is -1.39. The molecule has 72 valence electrons. The monoisotopic (exact) mass is 184 g/mol. The smallest absolute Gasteiger partial charge is 0.222 e. The summed E-state index contributed by atoms with van der Waals surface area (Å²) in [6.07, 6.45) is 1.05. The number of nitrogen functional groups attached to an aromatic ring is 1. The minimum atomic E-state index is -0.496. The first-order valence-electron chi connectivity index (χ1n) is 3.95. The fourth-order valence-corrected chi connectivity index (χ4v) is 0.824. The van der Waals surface area contributed by atoms with Crippen molar-refractivity contribution in [2.24, 2.45) is 0 Å². The van der Waals surface area contributed by atoms with Gasteiger partial charge < -0.3 is 11.1 Å². The SMILES string of the molecule is CC(C)(C)Nc1nc(N)ncc1F. The van der Waals surface area contributed by atoms with Gasteiger partial charge in [-0.1, -0.05) is 0 Å². The average molecular weight is 184 g/mol. The van der Waals surface area contributed by atoms with Gasteiger partial charge in [0.05, 0.1) is 6.20 Å². The van der Waals surface area contributed by atoms with Crippen molar-refractivity contribution >= 4 is 11.8 Å². The molecule has 0 aromatic carbocycles. The molecule has 0 saturated carbocycles. The largest absolute Gasteiger partial charge is 0.368 e. The lowest BCUT2D eigenvalue weighted by Crippen LogP contribution is -2.27. The van der Waals surface area contributed by atoms with Crippen molar-refractivity contribution in [2.45, 2.75) is 26.3 Å². The lowest BCUT2D eigenvalue weighted by Gasteiger charge is -2.21. The standard InChI is InChI=1S/C8H13FN4/c1-8(2,3)13-6-5(9)4-11-7(10)12-6/h4H,1-3H3,(H3,10,11,12,13). The molecule has 0 aliphatic rings. The Bertz CT molecular complexity index is 306. The summed E-state index contributed by atoms with van der Waals surface area (Å²) in [6, 6.07) is 0. The van der Waals surface area contributed by atoms with Gasteiger partial charge in [0.1, 0.15) is 0 Å². The van der Waals surface area contributed by atoms with Gasteiger partial charge in [0.15, 0.2) is 11.6 Å². The molecule has 3 N–H and O–H groups in total. The van der Waals surface area contributed by atoms with E-state index in [9.17, 15) is 4.39 Å². The zero-order chi connectivity index (χ0) is 10.1. The van der Waals surface area contributed by atoms with E-state index in [-0.39, 0.29) is 17.3 Å². The number of halogens is 1. The number of nitrogens with zero attached hydrogens (tertiary/aromatic N) is 2. The van der Waals surface area contributed by atoms with E-state index in [0.29, 0.717) is 0 Å².